The number of methoxy groups -OCH3 is 1. The molecule has 0 fully saturated rings. The third-order valence-corrected chi connectivity index (χ3v) is 5.69. The van der Waals surface area contributed by atoms with Crippen molar-refractivity contribution in [3.8, 4) is 11.4 Å². The number of hydrogen-bond donors (Lipinski definition) is 2. The number of nitrogens with zero attached hydrogens (tertiary/aromatic N) is 2. The highest BCUT2D eigenvalue weighted by Crippen LogP contribution is 2.34. The zero-order chi connectivity index (χ0) is 21.1. The topological polar surface area (TPSA) is 51.1 Å². The molecule has 1 aliphatic carbocycles. The van der Waals surface area contributed by atoms with Crippen LogP contribution in [0.2, 0.25) is 0 Å². The monoisotopic (exact) mass is 418 g/mol. The van der Waals surface area contributed by atoms with Crippen LogP contribution in [0.15, 0.2) is 66.7 Å². The molecular formula is C24H26N4OS. The van der Waals surface area contributed by atoms with Gasteiger partial charge in [-0.1, -0.05) is 30.4 Å². The van der Waals surface area contributed by atoms with Crippen molar-refractivity contribution >= 4 is 23.0 Å². The van der Waals surface area contributed by atoms with Gasteiger partial charge in [-0.15, -0.1) is 0 Å². The molecule has 1 heterocycles. The molecule has 5 nitrogen and oxygen atoms in total. The highest BCUT2D eigenvalue weighted by molar-refractivity contribution is 7.80. The van der Waals surface area contributed by atoms with Gasteiger partial charge >= 0.3 is 0 Å². The van der Waals surface area contributed by atoms with Gasteiger partial charge in [-0.3, -0.25) is 0 Å². The summed E-state index contributed by atoms with van der Waals surface area (Å²) in [6.45, 7) is 4.22. The van der Waals surface area contributed by atoms with Gasteiger partial charge in [0, 0.05) is 28.9 Å². The quantitative estimate of drug-likeness (QED) is 0.456. The van der Waals surface area contributed by atoms with Crippen LogP contribution in [-0.2, 0) is 0 Å². The van der Waals surface area contributed by atoms with Crippen molar-refractivity contribution < 1.29 is 4.74 Å². The van der Waals surface area contributed by atoms with Gasteiger partial charge in [0.25, 0.3) is 0 Å². The van der Waals surface area contributed by atoms with Gasteiger partial charge < -0.3 is 15.4 Å². The number of aromatic nitrogens is 2. The average Bonchev–Trinajstić information content (AvgIpc) is 3.32. The van der Waals surface area contributed by atoms with Gasteiger partial charge in [0.15, 0.2) is 5.11 Å². The summed E-state index contributed by atoms with van der Waals surface area (Å²) in [6, 6.07) is 18.1. The van der Waals surface area contributed by atoms with E-state index in [0.717, 1.165) is 34.9 Å². The van der Waals surface area contributed by atoms with E-state index in [9.17, 15) is 0 Å². The first-order valence-corrected chi connectivity index (χ1v) is 10.5. The lowest BCUT2D eigenvalue weighted by molar-refractivity contribution is 0.414. The first-order chi connectivity index (χ1) is 14.5. The Morgan fingerprint density at radius 1 is 1.07 bits per heavy atom. The molecule has 2 aromatic carbocycles. The average molecular weight is 419 g/mol. The predicted molar refractivity (Wildman–Crippen MR) is 126 cm³/mol. The second-order valence-electron chi connectivity index (χ2n) is 7.49. The molecule has 30 heavy (non-hydrogen) atoms. The van der Waals surface area contributed by atoms with Crippen LogP contribution < -0.4 is 15.4 Å². The summed E-state index contributed by atoms with van der Waals surface area (Å²) in [5.41, 5.74) is 5.53. The van der Waals surface area contributed by atoms with Crippen molar-refractivity contribution in [2.45, 2.75) is 32.2 Å². The van der Waals surface area contributed by atoms with Crippen LogP contribution in [0.25, 0.3) is 5.69 Å². The minimum atomic E-state index is 0.196. The Morgan fingerprint density at radius 3 is 2.50 bits per heavy atom. The van der Waals surface area contributed by atoms with Gasteiger partial charge in [0.05, 0.1) is 18.5 Å². The second kappa shape index (κ2) is 8.71. The first-order valence-electron chi connectivity index (χ1n) is 10.1. The summed E-state index contributed by atoms with van der Waals surface area (Å²) < 4.78 is 7.28. The van der Waals surface area contributed by atoms with Crippen LogP contribution in [0.4, 0.5) is 5.69 Å². The summed E-state index contributed by atoms with van der Waals surface area (Å²) in [7, 11) is 1.67. The molecule has 6 heteroatoms. The lowest BCUT2D eigenvalue weighted by atomic mass is 9.96. The molecule has 3 aromatic rings. The molecule has 0 spiro atoms. The van der Waals surface area contributed by atoms with Gasteiger partial charge in [-0.25, -0.2) is 4.68 Å². The van der Waals surface area contributed by atoms with E-state index in [4.69, 9.17) is 22.1 Å². The molecule has 1 aliphatic rings. The Morgan fingerprint density at radius 2 is 1.80 bits per heavy atom. The number of anilines is 1. The molecule has 0 amide bonds. The predicted octanol–water partition coefficient (Wildman–Crippen LogP) is 4.90. The summed E-state index contributed by atoms with van der Waals surface area (Å²) in [4.78, 5) is 0. The Bertz CT molecular complexity index is 1060. The van der Waals surface area contributed by atoms with Gasteiger partial charge in [0.1, 0.15) is 5.75 Å². The van der Waals surface area contributed by atoms with E-state index in [1.54, 1.807) is 7.11 Å². The highest BCUT2D eigenvalue weighted by atomic mass is 32.1. The normalized spacial score (nSPS) is 17.7. The van der Waals surface area contributed by atoms with E-state index in [2.05, 4.69) is 36.6 Å². The van der Waals surface area contributed by atoms with Crippen LogP contribution in [0.5, 0.6) is 5.75 Å². The van der Waals surface area contributed by atoms with Crippen molar-refractivity contribution in [1.29, 1.82) is 0 Å². The molecule has 0 radical (unpaired) electrons. The molecule has 0 saturated heterocycles. The molecule has 0 bridgehead atoms. The maximum atomic E-state index is 5.49. The number of thiocarbonyl (C=S) groups is 1. The number of nitrogens with one attached hydrogen (secondary N) is 2. The van der Waals surface area contributed by atoms with Crippen molar-refractivity contribution in [2.75, 3.05) is 12.4 Å². The molecule has 0 aliphatic heterocycles. The van der Waals surface area contributed by atoms with E-state index in [1.807, 2.05) is 59.3 Å². The van der Waals surface area contributed by atoms with E-state index in [1.165, 1.54) is 5.56 Å². The van der Waals surface area contributed by atoms with Crippen molar-refractivity contribution in [3.63, 3.8) is 0 Å². The molecule has 0 saturated carbocycles. The van der Waals surface area contributed by atoms with Crippen LogP contribution in [-0.4, -0.2) is 28.0 Å². The third kappa shape index (κ3) is 4.24. The fourth-order valence-corrected chi connectivity index (χ4v) is 4.31. The number of para-hydroxylation sites is 1. The standard InChI is InChI=1S/C24H26N4OS/c1-16-23(17(2)28(27-16)21-11-13-22(29-3)14-12-21)18-9-10-20(15-18)26-24(30)25-19-7-5-4-6-8-19/h4-14,18,20H,15H2,1-3H3,(H2,25,26,30)/t18-,20-/m1/s1. The summed E-state index contributed by atoms with van der Waals surface area (Å²) in [5, 5.41) is 12.1. The minimum absolute atomic E-state index is 0.196. The molecule has 1 aromatic heterocycles. The van der Waals surface area contributed by atoms with Gasteiger partial charge in [-0.2, -0.15) is 5.10 Å². The molecular weight excluding hydrogens is 392 g/mol. The molecule has 0 unspecified atom stereocenters. The summed E-state index contributed by atoms with van der Waals surface area (Å²) in [6.07, 6.45) is 5.41. The third-order valence-electron chi connectivity index (χ3n) is 5.47. The molecule has 154 valence electrons. The zero-order valence-electron chi connectivity index (χ0n) is 17.4. The van der Waals surface area contributed by atoms with E-state index in [-0.39, 0.29) is 6.04 Å². The summed E-state index contributed by atoms with van der Waals surface area (Å²) >= 11 is 5.49. The maximum Gasteiger partial charge on any atom is 0.171 e. The molecule has 2 N–H and O–H groups in total. The van der Waals surface area contributed by atoms with Crippen LogP contribution in [0.1, 0.15) is 29.3 Å². The summed E-state index contributed by atoms with van der Waals surface area (Å²) in [5.74, 6) is 1.15. The maximum absolute atomic E-state index is 5.49. The van der Waals surface area contributed by atoms with Crippen LogP contribution in [0.3, 0.4) is 0 Å². The van der Waals surface area contributed by atoms with E-state index in [0.29, 0.717) is 11.0 Å². The minimum Gasteiger partial charge on any atom is -0.497 e. The van der Waals surface area contributed by atoms with Crippen molar-refractivity contribution in [2.24, 2.45) is 0 Å². The van der Waals surface area contributed by atoms with E-state index >= 15 is 0 Å². The Hall–Kier alpha value is -3.12. The lowest BCUT2D eigenvalue weighted by Crippen LogP contribution is -2.35. The number of rotatable bonds is 5. The van der Waals surface area contributed by atoms with Crippen LogP contribution >= 0.6 is 12.2 Å². The Labute approximate surface area is 182 Å². The van der Waals surface area contributed by atoms with Crippen LogP contribution in [0, 0.1) is 13.8 Å². The zero-order valence-corrected chi connectivity index (χ0v) is 18.2. The SMILES string of the molecule is COc1ccc(-n2nc(C)c([C@@H]3C=C[C@@H](NC(=S)Nc4ccccc4)C3)c2C)cc1. The smallest absolute Gasteiger partial charge is 0.171 e. The molecule has 2 atom stereocenters. The number of benzene rings is 2. The number of ether oxygens (including phenoxy) is 1. The Balaban J connectivity index is 1.44. The van der Waals surface area contributed by atoms with Crippen molar-refractivity contribution in [3.05, 3.63) is 83.7 Å². The van der Waals surface area contributed by atoms with Crippen molar-refractivity contribution in [1.82, 2.24) is 15.1 Å². The van der Waals surface area contributed by atoms with Gasteiger partial charge in [-0.05, 0) is 68.9 Å². The number of aryl methyl sites for hydroxylation is 1. The fraction of sp³-hybridized carbons (Fsp3) is 0.250. The largest absolute Gasteiger partial charge is 0.497 e. The van der Waals surface area contributed by atoms with Gasteiger partial charge in [0.2, 0.25) is 0 Å². The van der Waals surface area contributed by atoms with E-state index < -0.39 is 0 Å². The second-order valence-corrected chi connectivity index (χ2v) is 7.90. The fourth-order valence-electron chi connectivity index (χ4n) is 4.04. The highest BCUT2D eigenvalue weighted by Gasteiger charge is 2.26. The Kier molecular flexibility index (Phi) is 5.86. The lowest BCUT2D eigenvalue weighted by Gasteiger charge is -2.17. The number of hydrogen-bond acceptors (Lipinski definition) is 3. The molecule has 4 rings (SSSR count). The first kappa shape index (κ1) is 20.2. The number of allylic oxidation sites excluding steroid dienone is 1.